The molecule has 0 rings (SSSR count). The largest absolute Gasteiger partial charge is 0.478 e. The number of methoxy groups -OCH3 is 1. The Balaban J connectivity index is 4.98. The zero-order chi connectivity index (χ0) is 21.7. The number of ether oxygens (including phenoxy) is 1. The van der Waals surface area contributed by atoms with Crippen molar-refractivity contribution in [3.05, 3.63) is 48.1 Å². The molecule has 6 nitrogen and oxygen atoms in total. The minimum Gasteiger partial charge on any atom is -0.478 e. The topological polar surface area (TPSA) is 107 Å². The molecule has 0 heterocycles. The molecule has 0 aromatic heterocycles. The lowest BCUT2D eigenvalue weighted by atomic mass is 9.80. The minimum absolute atomic E-state index is 0.00174. The number of hydrogen-bond donors (Lipinski definition) is 4. The Morgan fingerprint density at radius 1 is 1.04 bits per heavy atom. The van der Waals surface area contributed by atoms with E-state index >= 15 is 0 Å². The van der Waals surface area contributed by atoms with Crippen LogP contribution in [0.25, 0.3) is 0 Å². The highest BCUT2D eigenvalue weighted by molar-refractivity contribution is 5.80. The molecule has 0 fully saturated rings. The van der Waals surface area contributed by atoms with Crippen LogP contribution in [0.4, 0.5) is 0 Å². The normalized spacial score (nSPS) is 19.8. The summed E-state index contributed by atoms with van der Waals surface area (Å²) in [5, 5.41) is 38.7. The lowest BCUT2D eigenvalue weighted by Gasteiger charge is -2.35. The molecule has 0 unspecified atom stereocenters. The van der Waals surface area contributed by atoms with Gasteiger partial charge in [0.1, 0.15) is 0 Å². The third-order valence-electron chi connectivity index (χ3n) is 4.93. The Kier molecular flexibility index (Phi) is 13.4. The van der Waals surface area contributed by atoms with Crippen molar-refractivity contribution < 1.29 is 30.0 Å². The summed E-state index contributed by atoms with van der Waals surface area (Å²) in [5.41, 5.74) is 0.731. The van der Waals surface area contributed by atoms with Crippen LogP contribution < -0.4 is 0 Å². The van der Waals surface area contributed by atoms with E-state index in [9.17, 15) is 15.0 Å². The van der Waals surface area contributed by atoms with Crippen molar-refractivity contribution in [2.24, 2.45) is 17.8 Å². The van der Waals surface area contributed by atoms with Gasteiger partial charge in [0.2, 0.25) is 0 Å². The number of carboxylic acid groups (broad SMARTS) is 1. The maximum absolute atomic E-state index is 10.8. The molecule has 0 aliphatic carbocycles. The van der Waals surface area contributed by atoms with Gasteiger partial charge in [0.15, 0.2) is 0 Å². The molecule has 0 saturated carbocycles. The Morgan fingerprint density at radius 2 is 1.64 bits per heavy atom. The molecular weight excluding hydrogens is 360 g/mol. The Bertz CT molecular complexity index is 563. The molecule has 0 saturated heterocycles. The smallest absolute Gasteiger partial charge is 0.328 e. The summed E-state index contributed by atoms with van der Waals surface area (Å²) >= 11 is 0. The first kappa shape index (κ1) is 26.3. The lowest BCUT2D eigenvalue weighted by molar-refractivity contribution is -0.131. The Morgan fingerprint density at radius 3 is 2.18 bits per heavy atom. The SMILES string of the molecule is CO[C@@H]([C@@H](C)[C@@H](O)[C@H](C)[C@@H](O)/C(C)=C/CCO)[C@H](C)/C=C/C=C/C=C/C(=O)O. The fraction of sp³-hybridized carbons (Fsp3) is 0.591. The van der Waals surface area contributed by atoms with E-state index in [0.717, 1.165) is 11.6 Å². The van der Waals surface area contributed by atoms with Crippen LogP contribution in [0.15, 0.2) is 48.1 Å². The first-order valence-electron chi connectivity index (χ1n) is 9.58. The number of aliphatic hydroxyl groups excluding tert-OH is 3. The molecule has 6 atom stereocenters. The quantitative estimate of drug-likeness (QED) is 0.217. The van der Waals surface area contributed by atoms with Crippen LogP contribution in [0.2, 0.25) is 0 Å². The zero-order valence-corrected chi connectivity index (χ0v) is 17.5. The highest BCUT2D eigenvalue weighted by Gasteiger charge is 2.34. The first-order chi connectivity index (χ1) is 13.2. The van der Waals surface area contributed by atoms with Crippen molar-refractivity contribution in [3.8, 4) is 0 Å². The number of carboxylic acids is 1. The van der Waals surface area contributed by atoms with Crippen molar-refractivity contribution in [1.29, 1.82) is 0 Å². The van der Waals surface area contributed by atoms with E-state index in [-0.39, 0.29) is 30.5 Å². The third kappa shape index (κ3) is 9.46. The molecule has 160 valence electrons. The number of rotatable bonds is 13. The molecule has 0 amide bonds. The van der Waals surface area contributed by atoms with Crippen molar-refractivity contribution in [2.45, 2.75) is 52.4 Å². The highest BCUT2D eigenvalue weighted by atomic mass is 16.5. The number of aliphatic hydroxyl groups is 3. The van der Waals surface area contributed by atoms with Crippen LogP contribution in [0.1, 0.15) is 34.1 Å². The van der Waals surface area contributed by atoms with Crippen LogP contribution in [0, 0.1) is 17.8 Å². The van der Waals surface area contributed by atoms with Gasteiger partial charge in [-0.25, -0.2) is 4.79 Å². The molecule has 4 N–H and O–H groups in total. The van der Waals surface area contributed by atoms with Crippen molar-refractivity contribution in [1.82, 2.24) is 0 Å². The van der Waals surface area contributed by atoms with Gasteiger partial charge < -0.3 is 25.2 Å². The van der Waals surface area contributed by atoms with Crippen molar-refractivity contribution in [3.63, 3.8) is 0 Å². The molecule has 0 aromatic carbocycles. The number of aliphatic carboxylic acids is 1. The number of carbonyl (C=O) groups is 1. The van der Waals surface area contributed by atoms with Gasteiger partial charge in [-0.3, -0.25) is 0 Å². The number of allylic oxidation sites excluding steroid dienone is 4. The summed E-state index contributed by atoms with van der Waals surface area (Å²) in [4.78, 5) is 10.4. The second-order valence-electron chi connectivity index (χ2n) is 7.14. The van der Waals surface area contributed by atoms with Crippen LogP contribution in [0.3, 0.4) is 0 Å². The van der Waals surface area contributed by atoms with Crippen LogP contribution in [0.5, 0.6) is 0 Å². The molecule has 28 heavy (non-hydrogen) atoms. The van der Waals surface area contributed by atoms with E-state index in [1.165, 1.54) is 6.08 Å². The summed E-state index contributed by atoms with van der Waals surface area (Å²) in [6, 6.07) is 0. The second kappa shape index (κ2) is 14.3. The van der Waals surface area contributed by atoms with Gasteiger partial charge >= 0.3 is 5.97 Å². The van der Waals surface area contributed by atoms with Crippen LogP contribution >= 0.6 is 0 Å². The number of hydrogen-bond acceptors (Lipinski definition) is 5. The maximum atomic E-state index is 10.8. The standard InChI is InChI=1S/C22H36O6/c1-15(12-10-14-23)20(26)17(3)21(27)18(4)22(28-5)16(2)11-8-6-7-9-13-19(24)25/h6-9,11-13,16-18,20-23,26-27H,10,14H2,1-5H3,(H,24,25)/b7-6+,11-8+,13-9+,15-12+/t16-,17-,18+,20+,21+,22-/m1/s1. The molecule has 0 aliphatic heterocycles. The van der Waals surface area contributed by atoms with E-state index in [2.05, 4.69) is 0 Å². The summed E-state index contributed by atoms with van der Waals surface area (Å²) in [6.45, 7) is 7.48. The van der Waals surface area contributed by atoms with Gasteiger partial charge in [0.25, 0.3) is 0 Å². The van der Waals surface area contributed by atoms with Gasteiger partial charge in [-0.2, -0.15) is 0 Å². The van der Waals surface area contributed by atoms with Gasteiger partial charge in [0.05, 0.1) is 18.3 Å². The zero-order valence-electron chi connectivity index (χ0n) is 17.5. The lowest BCUT2D eigenvalue weighted by Crippen LogP contribution is -2.42. The monoisotopic (exact) mass is 396 g/mol. The molecule has 0 bridgehead atoms. The Labute approximate surface area is 168 Å². The van der Waals surface area contributed by atoms with E-state index in [1.54, 1.807) is 39.2 Å². The predicted octanol–water partition coefficient (Wildman–Crippen LogP) is 2.71. The van der Waals surface area contributed by atoms with Gasteiger partial charge in [-0.15, -0.1) is 0 Å². The minimum atomic E-state index is -0.998. The molecule has 6 heteroatoms. The second-order valence-corrected chi connectivity index (χ2v) is 7.14. The van der Waals surface area contributed by atoms with Crippen LogP contribution in [-0.2, 0) is 9.53 Å². The van der Waals surface area contributed by atoms with Gasteiger partial charge in [0, 0.05) is 37.5 Å². The molecule has 0 aliphatic rings. The van der Waals surface area contributed by atoms with E-state index < -0.39 is 18.2 Å². The fourth-order valence-electron chi connectivity index (χ4n) is 3.21. The summed E-state index contributed by atoms with van der Waals surface area (Å²) in [6.07, 6.45) is 9.99. The van der Waals surface area contributed by atoms with Crippen molar-refractivity contribution >= 4 is 5.97 Å². The molecule has 0 radical (unpaired) electrons. The van der Waals surface area contributed by atoms with Gasteiger partial charge in [-0.05, 0) is 18.9 Å². The Hall–Kier alpha value is -1.73. The summed E-state index contributed by atoms with van der Waals surface area (Å²) in [5.74, 6) is -1.62. The third-order valence-corrected chi connectivity index (χ3v) is 4.93. The highest BCUT2D eigenvalue weighted by Crippen LogP contribution is 2.27. The maximum Gasteiger partial charge on any atom is 0.328 e. The average Bonchev–Trinajstić information content (AvgIpc) is 2.66. The average molecular weight is 397 g/mol. The fourth-order valence-corrected chi connectivity index (χ4v) is 3.21. The summed E-state index contributed by atoms with van der Waals surface area (Å²) in [7, 11) is 1.59. The molecule has 0 spiro atoms. The molecule has 0 aromatic rings. The van der Waals surface area contributed by atoms with E-state index in [1.807, 2.05) is 26.0 Å². The van der Waals surface area contributed by atoms with Crippen molar-refractivity contribution in [2.75, 3.05) is 13.7 Å². The summed E-state index contributed by atoms with van der Waals surface area (Å²) < 4.78 is 5.60. The van der Waals surface area contributed by atoms with E-state index in [4.69, 9.17) is 14.9 Å². The van der Waals surface area contributed by atoms with Crippen LogP contribution in [-0.4, -0.2) is 58.4 Å². The first-order valence-corrected chi connectivity index (χ1v) is 9.58. The van der Waals surface area contributed by atoms with Gasteiger partial charge in [-0.1, -0.05) is 57.2 Å². The predicted molar refractivity (Wildman–Crippen MR) is 111 cm³/mol. The van der Waals surface area contributed by atoms with E-state index in [0.29, 0.717) is 6.42 Å². The molecular formula is C22H36O6.